The van der Waals surface area contributed by atoms with Crippen LogP contribution in [0.5, 0.6) is 5.75 Å². The molecule has 126 valence electrons. The van der Waals surface area contributed by atoms with Crippen LogP contribution in [0.1, 0.15) is 5.56 Å². The average molecular weight is 329 g/mol. The van der Waals surface area contributed by atoms with Crippen LogP contribution in [0.2, 0.25) is 0 Å². The number of amides is 1. The van der Waals surface area contributed by atoms with E-state index in [9.17, 15) is 10.0 Å². The third kappa shape index (κ3) is 3.27. The molecule has 2 aromatic carbocycles. The molecule has 0 aliphatic carbocycles. The highest BCUT2D eigenvalue weighted by molar-refractivity contribution is 5.74. The molecule has 1 fully saturated rings. The zero-order valence-electron chi connectivity index (χ0n) is 13.1. The fourth-order valence-electron chi connectivity index (χ4n) is 2.66. The molecule has 0 aromatic heterocycles. The van der Waals surface area contributed by atoms with Crippen molar-refractivity contribution in [3.8, 4) is 16.9 Å². The third-order valence-corrected chi connectivity index (χ3v) is 3.86. The molecule has 0 atom stereocenters. The van der Waals surface area contributed by atoms with Crippen molar-refractivity contribution in [2.45, 2.75) is 6.54 Å². The molecule has 0 spiro atoms. The second kappa shape index (κ2) is 6.77. The second-order valence-electron chi connectivity index (χ2n) is 5.39. The Labute approximate surface area is 139 Å². The van der Waals surface area contributed by atoms with E-state index in [1.165, 1.54) is 6.07 Å². The summed E-state index contributed by atoms with van der Waals surface area (Å²) in [4.78, 5) is 13.2. The van der Waals surface area contributed by atoms with E-state index in [2.05, 4.69) is 0 Å². The largest absolute Gasteiger partial charge is 0.733 e. The number of cyclic esters (lactones) is 1. The van der Waals surface area contributed by atoms with Crippen LogP contribution in [0.4, 0.5) is 10.5 Å². The van der Waals surface area contributed by atoms with Gasteiger partial charge in [-0.15, -0.1) is 0 Å². The van der Waals surface area contributed by atoms with Gasteiger partial charge in [-0.3, -0.25) is 5.21 Å². The zero-order chi connectivity index (χ0) is 17.1. The van der Waals surface area contributed by atoms with E-state index >= 15 is 0 Å². The summed E-state index contributed by atoms with van der Waals surface area (Å²) in [6, 6.07) is 12.2. The maximum atomic E-state index is 11.6. The molecule has 2 aromatic rings. The van der Waals surface area contributed by atoms with Crippen LogP contribution in [0.15, 0.2) is 42.5 Å². The Morgan fingerprint density at radius 2 is 2.17 bits per heavy atom. The van der Waals surface area contributed by atoms with Crippen molar-refractivity contribution in [2.75, 3.05) is 25.5 Å². The normalized spacial score (nSPS) is 13.8. The molecule has 1 amide bonds. The number of ether oxygens (including phenoxy) is 2. The Hall–Kier alpha value is -2.77. The fourth-order valence-corrected chi connectivity index (χ4v) is 2.66. The van der Waals surface area contributed by atoms with Crippen molar-refractivity contribution in [3.63, 3.8) is 0 Å². The second-order valence-corrected chi connectivity index (χ2v) is 5.39. The first-order chi connectivity index (χ1) is 11.6. The first kappa shape index (κ1) is 16.1. The average Bonchev–Trinajstić information content (AvgIpc) is 3.00. The van der Waals surface area contributed by atoms with E-state index in [1.807, 2.05) is 24.3 Å². The molecule has 0 bridgehead atoms. The molecule has 1 heterocycles. The van der Waals surface area contributed by atoms with Gasteiger partial charge in [0.15, 0.2) is 0 Å². The van der Waals surface area contributed by atoms with Crippen molar-refractivity contribution >= 4 is 11.8 Å². The Bertz CT molecular complexity index is 748. The summed E-state index contributed by atoms with van der Waals surface area (Å²) in [7, 11) is 1.56. The van der Waals surface area contributed by atoms with Gasteiger partial charge in [0.2, 0.25) is 0 Å². The molecule has 24 heavy (non-hydrogen) atoms. The van der Waals surface area contributed by atoms with Crippen molar-refractivity contribution in [1.82, 2.24) is 4.90 Å². The third-order valence-electron chi connectivity index (χ3n) is 3.86. The van der Waals surface area contributed by atoms with E-state index in [0.717, 1.165) is 16.7 Å². The number of hydrogen-bond acceptors (Lipinski definition) is 6. The van der Waals surface area contributed by atoms with E-state index in [0.29, 0.717) is 25.4 Å². The first-order valence-electron chi connectivity index (χ1n) is 7.43. The van der Waals surface area contributed by atoms with E-state index in [4.69, 9.17) is 14.7 Å². The van der Waals surface area contributed by atoms with Crippen molar-refractivity contribution < 1.29 is 19.5 Å². The summed E-state index contributed by atoms with van der Waals surface area (Å²) in [5.74, 6) is 0.635. The molecule has 7 nitrogen and oxygen atoms in total. The maximum absolute atomic E-state index is 11.6. The lowest BCUT2D eigenvalue weighted by atomic mass is 10.0. The lowest BCUT2D eigenvalue weighted by Crippen LogP contribution is -2.23. The Balaban J connectivity index is 1.95. The first-order valence-corrected chi connectivity index (χ1v) is 7.43. The van der Waals surface area contributed by atoms with Crippen LogP contribution in [0.3, 0.4) is 0 Å². The molecule has 1 saturated heterocycles. The number of rotatable bonds is 5. The van der Waals surface area contributed by atoms with E-state index in [1.54, 1.807) is 24.1 Å². The zero-order valence-corrected chi connectivity index (χ0v) is 13.1. The van der Waals surface area contributed by atoms with Crippen LogP contribution in [0, 0.1) is 5.21 Å². The highest BCUT2D eigenvalue weighted by Crippen LogP contribution is 2.33. The Morgan fingerprint density at radius 1 is 1.33 bits per heavy atom. The van der Waals surface area contributed by atoms with Gasteiger partial charge in [-0.1, -0.05) is 18.2 Å². The number of nitrogens with zero attached hydrogens (tertiary/aromatic N) is 2. The van der Waals surface area contributed by atoms with Gasteiger partial charge in [-0.25, -0.2) is 4.79 Å². The topological polar surface area (TPSA) is 85.3 Å². The van der Waals surface area contributed by atoms with Gasteiger partial charge in [-0.05, 0) is 35.4 Å². The van der Waals surface area contributed by atoms with Crippen LogP contribution in [-0.2, 0) is 11.3 Å². The van der Waals surface area contributed by atoms with Gasteiger partial charge in [0.1, 0.15) is 12.4 Å². The maximum Gasteiger partial charge on any atom is 0.410 e. The van der Waals surface area contributed by atoms with Gasteiger partial charge < -0.3 is 24.8 Å². The predicted molar refractivity (Wildman–Crippen MR) is 87.8 cm³/mol. The monoisotopic (exact) mass is 329 g/mol. The summed E-state index contributed by atoms with van der Waals surface area (Å²) >= 11 is 0. The molecule has 0 saturated carbocycles. The number of hydrogen-bond donors (Lipinski definition) is 1. The van der Waals surface area contributed by atoms with Gasteiger partial charge in [0.25, 0.3) is 0 Å². The highest BCUT2D eigenvalue weighted by Gasteiger charge is 2.22. The van der Waals surface area contributed by atoms with Crippen LogP contribution in [-0.4, -0.2) is 36.5 Å². The number of carbonyl (C=O) groups is 1. The SMILES string of the molecule is COc1ccc(CN2CCOC2=O)cc1-c1cccc(N([O-])O)c1. The minimum Gasteiger partial charge on any atom is -0.733 e. The molecule has 1 N–H and O–H groups in total. The molecular formula is C17H17N2O5-. The van der Waals surface area contributed by atoms with Crippen LogP contribution in [0.25, 0.3) is 11.1 Å². The van der Waals surface area contributed by atoms with Gasteiger partial charge in [0.05, 0.1) is 19.3 Å². The lowest BCUT2D eigenvalue weighted by Gasteiger charge is -2.22. The fraction of sp³-hybridized carbons (Fsp3) is 0.235. The summed E-state index contributed by atoms with van der Waals surface area (Å²) < 4.78 is 10.3. The number of benzene rings is 2. The van der Waals surface area contributed by atoms with Gasteiger partial charge >= 0.3 is 6.09 Å². The lowest BCUT2D eigenvalue weighted by molar-refractivity contribution is 0.157. The van der Waals surface area contributed by atoms with Gasteiger partial charge in [-0.2, -0.15) is 0 Å². The predicted octanol–water partition coefficient (Wildman–Crippen LogP) is 3.01. The number of anilines is 1. The number of carbonyl (C=O) groups excluding carboxylic acids is 1. The highest BCUT2D eigenvalue weighted by atomic mass is 16.8. The summed E-state index contributed by atoms with van der Waals surface area (Å²) in [6.07, 6.45) is -0.323. The van der Waals surface area contributed by atoms with Crippen molar-refractivity contribution in [2.24, 2.45) is 0 Å². The summed E-state index contributed by atoms with van der Waals surface area (Å²) in [6.45, 7) is 1.40. The molecular weight excluding hydrogens is 312 g/mol. The minimum atomic E-state index is -0.323. The van der Waals surface area contributed by atoms with E-state index < -0.39 is 0 Å². The molecule has 3 rings (SSSR count). The molecule has 1 aliphatic heterocycles. The smallest absolute Gasteiger partial charge is 0.410 e. The van der Waals surface area contributed by atoms with Crippen molar-refractivity contribution in [3.05, 3.63) is 53.2 Å². The van der Waals surface area contributed by atoms with Gasteiger partial charge in [0, 0.05) is 12.1 Å². The Kier molecular flexibility index (Phi) is 4.54. The summed E-state index contributed by atoms with van der Waals surface area (Å²) in [5.41, 5.74) is 2.54. The summed E-state index contributed by atoms with van der Waals surface area (Å²) in [5, 5.41) is 20.0. The van der Waals surface area contributed by atoms with E-state index in [-0.39, 0.29) is 17.0 Å². The van der Waals surface area contributed by atoms with Crippen molar-refractivity contribution in [1.29, 1.82) is 0 Å². The molecule has 0 radical (unpaired) electrons. The number of methoxy groups -OCH3 is 1. The molecule has 1 aliphatic rings. The molecule has 0 unspecified atom stereocenters. The quantitative estimate of drug-likeness (QED) is 0.849. The molecule has 7 heteroatoms. The standard InChI is InChI=1S/C17H17N2O5/c1-23-16-6-5-12(11-18-7-8-24-17(18)20)9-15(16)13-3-2-4-14(10-13)19(21)22/h2-6,9-10,21H,7-8,11H2,1H3/q-1. The minimum absolute atomic E-state index is 0.128. The Morgan fingerprint density at radius 3 is 2.83 bits per heavy atom. The van der Waals surface area contributed by atoms with Crippen LogP contribution < -0.4 is 9.96 Å². The van der Waals surface area contributed by atoms with Crippen LogP contribution >= 0.6 is 0 Å².